The molecule has 1 aliphatic carbocycles. The summed E-state index contributed by atoms with van der Waals surface area (Å²) in [6, 6.07) is 4.12. The van der Waals surface area contributed by atoms with Crippen LogP contribution in [0.3, 0.4) is 0 Å². The zero-order chi connectivity index (χ0) is 22.6. The van der Waals surface area contributed by atoms with Gasteiger partial charge in [-0.1, -0.05) is 33.1 Å². The number of amides is 2. The number of hydrogen-bond acceptors (Lipinski definition) is 4. The van der Waals surface area contributed by atoms with E-state index in [1.165, 1.54) is 16.4 Å². The first kappa shape index (κ1) is 23.7. The second kappa shape index (κ2) is 10.1. The monoisotopic (exact) mass is 453 g/mol. The fraction of sp³-hybridized carbons (Fsp3) is 0.636. The van der Waals surface area contributed by atoms with Crippen molar-refractivity contribution in [2.75, 3.05) is 26.2 Å². The lowest BCUT2D eigenvalue weighted by Crippen LogP contribution is -2.57. The summed E-state index contributed by atoms with van der Waals surface area (Å²) in [7, 11) is -3.74. The fourth-order valence-corrected chi connectivity index (χ4v) is 5.67. The van der Waals surface area contributed by atoms with Crippen LogP contribution in [-0.4, -0.2) is 61.7 Å². The van der Waals surface area contributed by atoms with Crippen LogP contribution in [0.15, 0.2) is 29.2 Å². The summed E-state index contributed by atoms with van der Waals surface area (Å²) in [5.74, 6) is -0.812. The van der Waals surface area contributed by atoms with Gasteiger partial charge in [0.05, 0.1) is 4.90 Å². The summed E-state index contributed by atoms with van der Waals surface area (Å²) >= 11 is 0. The summed E-state index contributed by atoms with van der Waals surface area (Å²) in [5, 5.41) is 2.96. The molecule has 172 valence electrons. The van der Waals surface area contributed by atoms with E-state index < -0.39 is 21.9 Å². The van der Waals surface area contributed by atoms with Gasteiger partial charge in [0.2, 0.25) is 21.8 Å². The maximum atomic E-state index is 13.1. The summed E-state index contributed by atoms with van der Waals surface area (Å²) in [4.78, 5) is 27.5. The highest BCUT2D eigenvalue weighted by Crippen LogP contribution is 2.24. The lowest BCUT2D eigenvalue weighted by Gasteiger charge is -2.37. The predicted molar refractivity (Wildman–Crippen MR) is 115 cm³/mol. The number of hydrogen-bond donors (Lipinski definition) is 1. The Morgan fingerprint density at radius 3 is 2.13 bits per heavy atom. The summed E-state index contributed by atoms with van der Waals surface area (Å²) in [6.07, 6.45) is 4.97. The Labute approximate surface area is 184 Å². The van der Waals surface area contributed by atoms with Gasteiger partial charge in [-0.25, -0.2) is 12.8 Å². The van der Waals surface area contributed by atoms with Crippen molar-refractivity contribution in [2.24, 2.45) is 11.8 Å². The maximum Gasteiger partial charge on any atom is 0.245 e. The normalized spacial score (nSPS) is 19.9. The van der Waals surface area contributed by atoms with Gasteiger partial charge < -0.3 is 10.2 Å². The van der Waals surface area contributed by atoms with Gasteiger partial charge in [-0.15, -0.1) is 0 Å². The van der Waals surface area contributed by atoms with E-state index in [9.17, 15) is 22.4 Å². The number of nitrogens with one attached hydrogen (secondary N) is 1. The van der Waals surface area contributed by atoms with Crippen molar-refractivity contribution in [2.45, 2.75) is 56.9 Å². The lowest BCUT2D eigenvalue weighted by molar-refractivity contribution is -0.139. The number of nitrogens with zero attached hydrogens (tertiary/aromatic N) is 2. The topological polar surface area (TPSA) is 86.8 Å². The largest absolute Gasteiger partial charge is 0.344 e. The Balaban J connectivity index is 1.60. The standard InChI is InChI=1S/C22H32FN3O4S/c1-16(2)20(24-21(27)17-6-4-3-5-7-17)22(28)25-12-14-26(15-13-25)31(29,30)19-10-8-18(23)9-11-19/h8-11,16-17,20H,3-7,12-15H2,1-2H3,(H,24,27). The van der Waals surface area contributed by atoms with E-state index >= 15 is 0 Å². The van der Waals surface area contributed by atoms with Gasteiger partial charge in [-0.2, -0.15) is 4.31 Å². The number of carbonyl (C=O) groups excluding carboxylic acids is 2. The zero-order valence-corrected chi connectivity index (χ0v) is 19.0. The Hall–Kier alpha value is -2.00. The van der Waals surface area contributed by atoms with E-state index in [-0.39, 0.29) is 54.7 Å². The molecule has 1 aromatic rings. The molecule has 9 heteroatoms. The molecule has 1 saturated carbocycles. The quantitative estimate of drug-likeness (QED) is 0.717. The molecule has 1 unspecified atom stereocenters. The number of carbonyl (C=O) groups is 2. The van der Waals surface area contributed by atoms with Crippen molar-refractivity contribution in [3.8, 4) is 0 Å². The molecule has 1 saturated heterocycles. The minimum Gasteiger partial charge on any atom is -0.344 e. The van der Waals surface area contributed by atoms with E-state index in [1.807, 2.05) is 13.8 Å². The van der Waals surface area contributed by atoms with Crippen LogP contribution in [0, 0.1) is 17.7 Å². The molecular weight excluding hydrogens is 421 g/mol. The van der Waals surface area contributed by atoms with E-state index in [0.29, 0.717) is 0 Å². The molecule has 2 fully saturated rings. The third kappa shape index (κ3) is 5.63. The van der Waals surface area contributed by atoms with Crippen molar-refractivity contribution in [3.63, 3.8) is 0 Å². The molecule has 2 aliphatic rings. The third-order valence-electron chi connectivity index (χ3n) is 6.21. The van der Waals surface area contributed by atoms with Crippen LogP contribution < -0.4 is 5.32 Å². The average Bonchev–Trinajstić information content (AvgIpc) is 2.77. The highest BCUT2D eigenvalue weighted by molar-refractivity contribution is 7.89. The predicted octanol–water partition coefficient (Wildman–Crippen LogP) is 2.38. The maximum absolute atomic E-state index is 13.1. The first-order valence-corrected chi connectivity index (χ1v) is 12.5. The van der Waals surface area contributed by atoms with Gasteiger partial charge >= 0.3 is 0 Å². The molecule has 1 atom stereocenters. The number of rotatable bonds is 6. The Morgan fingerprint density at radius 1 is 1.00 bits per heavy atom. The Bertz CT molecular complexity index is 875. The van der Waals surface area contributed by atoms with E-state index in [0.717, 1.165) is 44.2 Å². The van der Waals surface area contributed by atoms with Gasteiger partial charge in [0.25, 0.3) is 0 Å². The first-order chi connectivity index (χ1) is 14.7. The molecule has 3 rings (SSSR count). The molecule has 1 aliphatic heterocycles. The molecule has 2 amide bonds. The minimum absolute atomic E-state index is 0.0273. The molecule has 0 spiro atoms. The van der Waals surface area contributed by atoms with Crippen LogP contribution in [0.1, 0.15) is 46.0 Å². The number of sulfonamides is 1. The van der Waals surface area contributed by atoms with Crippen LogP contribution in [0.5, 0.6) is 0 Å². The van der Waals surface area contributed by atoms with Gasteiger partial charge in [0, 0.05) is 32.1 Å². The van der Waals surface area contributed by atoms with E-state index in [4.69, 9.17) is 0 Å². The molecule has 31 heavy (non-hydrogen) atoms. The van der Waals surface area contributed by atoms with Gasteiger partial charge in [-0.3, -0.25) is 9.59 Å². The number of piperazine rings is 1. The van der Waals surface area contributed by atoms with Crippen LogP contribution in [0.4, 0.5) is 4.39 Å². The van der Waals surface area contributed by atoms with Crippen molar-refractivity contribution >= 4 is 21.8 Å². The molecule has 1 heterocycles. The van der Waals surface area contributed by atoms with Gasteiger partial charge in [0.1, 0.15) is 11.9 Å². The molecule has 0 bridgehead atoms. The molecule has 0 radical (unpaired) electrons. The second-order valence-corrected chi connectivity index (χ2v) is 10.7. The second-order valence-electron chi connectivity index (χ2n) is 8.75. The van der Waals surface area contributed by atoms with Crippen molar-refractivity contribution in [1.82, 2.24) is 14.5 Å². The lowest BCUT2D eigenvalue weighted by atomic mass is 9.88. The Kier molecular flexibility index (Phi) is 7.69. The molecule has 1 aromatic carbocycles. The fourth-order valence-electron chi connectivity index (χ4n) is 4.25. The van der Waals surface area contributed by atoms with Crippen molar-refractivity contribution in [3.05, 3.63) is 30.1 Å². The Morgan fingerprint density at radius 2 is 1.58 bits per heavy atom. The highest BCUT2D eigenvalue weighted by atomic mass is 32.2. The summed E-state index contributed by atoms with van der Waals surface area (Å²) in [6.45, 7) is 4.63. The van der Waals surface area contributed by atoms with Crippen molar-refractivity contribution in [1.29, 1.82) is 0 Å². The van der Waals surface area contributed by atoms with Crippen LogP contribution in [0.2, 0.25) is 0 Å². The zero-order valence-electron chi connectivity index (χ0n) is 18.2. The van der Waals surface area contributed by atoms with E-state index in [2.05, 4.69) is 5.32 Å². The summed E-state index contributed by atoms with van der Waals surface area (Å²) in [5.41, 5.74) is 0. The number of halogens is 1. The molecule has 1 N–H and O–H groups in total. The van der Waals surface area contributed by atoms with Crippen LogP contribution in [-0.2, 0) is 19.6 Å². The third-order valence-corrected chi connectivity index (χ3v) is 8.12. The average molecular weight is 454 g/mol. The molecule has 0 aromatic heterocycles. The summed E-state index contributed by atoms with van der Waals surface area (Å²) < 4.78 is 40.0. The highest BCUT2D eigenvalue weighted by Gasteiger charge is 2.35. The van der Waals surface area contributed by atoms with Crippen molar-refractivity contribution < 1.29 is 22.4 Å². The van der Waals surface area contributed by atoms with Gasteiger partial charge in [-0.05, 0) is 43.0 Å². The first-order valence-electron chi connectivity index (χ1n) is 11.0. The smallest absolute Gasteiger partial charge is 0.245 e. The minimum atomic E-state index is -3.74. The molecular formula is C22H32FN3O4S. The molecule has 7 nitrogen and oxygen atoms in total. The van der Waals surface area contributed by atoms with Crippen LogP contribution >= 0.6 is 0 Å². The van der Waals surface area contributed by atoms with E-state index in [1.54, 1.807) is 4.90 Å². The van der Waals surface area contributed by atoms with Crippen LogP contribution in [0.25, 0.3) is 0 Å². The SMILES string of the molecule is CC(C)C(NC(=O)C1CCCCC1)C(=O)N1CCN(S(=O)(=O)c2ccc(F)cc2)CC1. The van der Waals surface area contributed by atoms with Gasteiger partial charge in [0.15, 0.2) is 0 Å². The number of benzene rings is 1.